The van der Waals surface area contributed by atoms with E-state index in [2.05, 4.69) is 0 Å². The fourth-order valence-electron chi connectivity index (χ4n) is 0.629. The second kappa shape index (κ2) is 6.49. The van der Waals surface area contributed by atoms with E-state index in [4.69, 9.17) is 5.73 Å². The number of hydrogen-bond donors (Lipinski definition) is 2. The quantitative estimate of drug-likeness (QED) is 0.716. The number of nitrogens with one attached hydrogen (secondary N) is 1. The highest BCUT2D eigenvalue weighted by molar-refractivity contribution is 7.89. The minimum Gasteiger partial charge on any atom is -0.325 e. The van der Waals surface area contributed by atoms with E-state index in [0.717, 1.165) is 0 Å². The number of alkyl halides is 2. The molecule has 0 saturated carbocycles. The van der Waals surface area contributed by atoms with Crippen LogP contribution in [-0.4, -0.2) is 33.2 Å². The molecule has 8 heteroatoms. The summed E-state index contributed by atoms with van der Waals surface area (Å²) >= 11 is 0. The first-order chi connectivity index (χ1) is 5.83. The molecule has 0 atom stereocenters. The van der Waals surface area contributed by atoms with Crippen molar-refractivity contribution >= 4 is 22.4 Å². The maximum atomic E-state index is 12.5. The van der Waals surface area contributed by atoms with Crippen LogP contribution in [0.1, 0.15) is 13.3 Å². The third kappa shape index (κ3) is 7.43. The molecule has 0 aromatic carbocycles. The third-order valence-corrected chi connectivity index (χ3v) is 2.85. The summed E-state index contributed by atoms with van der Waals surface area (Å²) in [6, 6.07) is 0. The molecular weight excluding hydrogens is 238 g/mol. The first-order valence-corrected chi connectivity index (χ1v) is 5.53. The molecule has 0 aliphatic carbocycles. The molecular formula is C6H15ClF2N2O2S. The number of halogens is 3. The van der Waals surface area contributed by atoms with Gasteiger partial charge in [0.05, 0.1) is 18.8 Å². The maximum Gasteiger partial charge on any atom is 0.273 e. The molecule has 0 aromatic rings. The molecule has 0 amide bonds. The predicted octanol–water partition coefficient (Wildman–Crippen LogP) is 0.332. The van der Waals surface area contributed by atoms with Crippen LogP contribution in [-0.2, 0) is 10.0 Å². The topological polar surface area (TPSA) is 72.2 Å². The first-order valence-electron chi connectivity index (χ1n) is 3.88. The normalized spacial score (nSPS) is 12.3. The Morgan fingerprint density at radius 3 is 2.29 bits per heavy atom. The van der Waals surface area contributed by atoms with Crippen molar-refractivity contribution in [1.82, 2.24) is 4.72 Å². The predicted molar refractivity (Wildman–Crippen MR) is 53.3 cm³/mol. The average Bonchev–Trinajstić information content (AvgIpc) is 2.02. The smallest absolute Gasteiger partial charge is 0.273 e. The lowest BCUT2D eigenvalue weighted by Gasteiger charge is -2.14. The van der Waals surface area contributed by atoms with Gasteiger partial charge in [0, 0.05) is 0 Å². The molecule has 0 heterocycles. The summed E-state index contributed by atoms with van der Waals surface area (Å²) in [7, 11) is -3.56. The van der Waals surface area contributed by atoms with Crippen molar-refractivity contribution in [3.8, 4) is 0 Å². The van der Waals surface area contributed by atoms with E-state index in [1.54, 1.807) is 11.6 Å². The van der Waals surface area contributed by atoms with Crippen LogP contribution in [0.25, 0.3) is 0 Å². The number of sulfonamides is 1. The summed E-state index contributed by atoms with van der Waals surface area (Å²) < 4.78 is 48.6. The van der Waals surface area contributed by atoms with Crippen LogP contribution in [0.5, 0.6) is 0 Å². The first kappa shape index (κ1) is 16.4. The Balaban J connectivity index is 0. The number of rotatable bonds is 6. The van der Waals surface area contributed by atoms with E-state index in [-0.39, 0.29) is 18.2 Å². The molecule has 0 saturated heterocycles. The fourth-order valence-corrected chi connectivity index (χ4v) is 1.74. The molecule has 0 aliphatic rings. The summed E-state index contributed by atoms with van der Waals surface area (Å²) in [4.78, 5) is 0. The maximum absolute atomic E-state index is 12.5. The van der Waals surface area contributed by atoms with E-state index in [0.29, 0.717) is 6.42 Å². The lowest BCUT2D eigenvalue weighted by molar-refractivity contribution is 0.0170. The van der Waals surface area contributed by atoms with Gasteiger partial charge in [-0.2, -0.15) is 0 Å². The van der Waals surface area contributed by atoms with E-state index in [1.807, 2.05) is 0 Å². The van der Waals surface area contributed by atoms with Crippen LogP contribution in [0.3, 0.4) is 0 Å². The van der Waals surface area contributed by atoms with Crippen molar-refractivity contribution in [2.45, 2.75) is 19.3 Å². The molecule has 4 nitrogen and oxygen atoms in total. The number of nitrogens with two attached hydrogens (primary N) is 1. The lowest BCUT2D eigenvalue weighted by Crippen LogP contribution is -2.42. The zero-order chi connectivity index (χ0) is 10.5. The molecule has 0 bridgehead atoms. The van der Waals surface area contributed by atoms with Crippen molar-refractivity contribution < 1.29 is 17.2 Å². The van der Waals surface area contributed by atoms with E-state index >= 15 is 0 Å². The van der Waals surface area contributed by atoms with Gasteiger partial charge in [-0.3, -0.25) is 0 Å². The van der Waals surface area contributed by atoms with Gasteiger partial charge in [-0.05, 0) is 6.42 Å². The summed E-state index contributed by atoms with van der Waals surface area (Å²) in [6.07, 6.45) is 0.392. The Kier molecular flexibility index (Phi) is 7.63. The fraction of sp³-hybridized carbons (Fsp3) is 1.00. The van der Waals surface area contributed by atoms with Crippen LogP contribution in [0.2, 0.25) is 0 Å². The molecule has 0 spiro atoms. The van der Waals surface area contributed by atoms with Gasteiger partial charge in [0.2, 0.25) is 10.0 Å². The zero-order valence-corrected chi connectivity index (χ0v) is 9.43. The minimum absolute atomic E-state index is 0. The highest BCUT2D eigenvalue weighted by Gasteiger charge is 2.28. The summed E-state index contributed by atoms with van der Waals surface area (Å²) in [5, 5.41) is 0. The Bertz CT molecular complexity index is 246. The van der Waals surface area contributed by atoms with E-state index in [9.17, 15) is 17.2 Å². The largest absolute Gasteiger partial charge is 0.325 e. The molecule has 0 fully saturated rings. The van der Waals surface area contributed by atoms with E-state index < -0.39 is 29.0 Å². The molecule has 14 heavy (non-hydrogen) atoms. The van der Waals surface area contributed by atoms with Gasteiger partial charge >= 0.3 is 0 Å². The minimum atomic E-state index is -3.56. The van der Waals surface area contributed by atoms with Crippen LogP contribution >= 0.6 is 12.4 Å². The Morgan fingerprint density at radius 1 is 1.43 bits per heavy atom. The van der Waals surface area contributed by atoms with Crippen molar-refractivity contribution in [1.29, 1.82) is 0 Å². The van der Waals surface area contributed by atoms with Gasteiger partial charge in [-0.15, -0.1) is 12.4 Å². The molecule has 0 aliphatic heterocycles. The van der Waals surface area contributed by atoms with Crippen LogP contribution in [0.4, 0.5) is 8.78 Å². The van der Waals surface area contributed by atoms with E-state index in [1.165, 1.54) is 0 Å². The zero-order valence-electron chi connectivity index (χ0n) is 7.79. The summed E-state index contributed by atoms with van der Waals surface area (Å²) in [5.74, 6) is -3.31. The molecule has 0 rings (SSSR count). The van der Waals surface area contributed by atoms with Crippen LogP contribution in [0.15, 0.2) is 0 Å². The van der Waals surface area contributed by atoms with Gasteiger partial charge in [0.15, 0.2) is 0 Å². The Morgan fingerprint density at radius 2 is 1.93 bits per heavy atom. The van der Waals surface area contributed by atoms with Gasteiger partial charge in [-0.25, -0.2) is 21.9 Å². The molecule has 0 radical (unpaired) electrons. The van der Waals surface area contributed by atoms with Gasteiger partial charge in [0.1, 0.15) is 0 Å². The van der Waals surface area contributed by atoms with Gasteiger partial charge in [0.25, 0.3) is 5.92 Å². The highest BCUT2D eigenvalue weighted by Crippen LogP contribution is 2.09. The second-order valence-electron chi connectivity index (χ2n) is 2.70. The van der Waals surface area contributed by atoms with Crippen LogP contribution < -0.4 is 10.5 Å². The number of hydrogen-bond acceptors (Lipinski definition) is 3. The van der Waals surface area contributed by atoms with Gasteiger partial charge < -0.3 is 5.73 Å². The third-order valence-electron chi connectivity index (χ3n) is 1.32. The molecule has 88 valence electrons. The summed E-state index contributed by atoms with van der Waals surface area (Å²) in [6.45, 7) is -0.131. The monoisotopic (exact) mass is 252 g/mol. The molecule has 0 unspecified atom stereocenters. The lowest BCUT2D eigenvalue weighted by atomic mass is 10.3. The summed E-state index contributed by atoms with van der Waals surface area (Å²) in [5.41, 5.74) is 4.72. The second-order valence-corrected chi connectivity index (χ2v) is 4.63. The average molecular weight is 253 g/mol. The SMILES string of the molecule is CCCS(=O)(=O)NCC(F)(F)CN.Cl. The Labute approximate surface area is 88.7 Å². The van der Waals surface area contributed by atoms with Gasteiger partial charge in [-0.1, -0.05) is 6.92 Å². The molecule has 0 aromatic heterocycles. The Hall–Kier alpha value is 0.0200. The standard InChI is InChI=1S/C6H14F2N2O2S.ClH/c1-2-3-13(11,12)10-5-6(7,8)4-9;/h10H,2-5,9H2,1H3;1H. The van der Waals surface area contributed by atoms with Crippen molar-refractivity contribution in [3.05, 3.63) is 0 Å². The molecule has 3 N–H and O–H groups in total. The van der Waals surface area contributed by atoms with Crippen molar-refractivity contribution in [2.24, 2.45) is 5.73 Å². The van der Waals surface area contributed by atoms with Crippen molar-refractivity contribution in [3.63, 3.8) is 0 Å². The van der Waals surface area contributed by atoms with Crippen molar-refractivity contribution in [2.75, 3.05) is 18.8 Å². The van der Waals surface area contributed by atoms with Crippen LogP contribution in [0, 0.1) is 0 Å². The highest BCUT2D eigenvalue weighted by atomic mass is 35.5.